The molecule has 1 nitrogen and oxygen atoms in total. The van der Waals surface area contributed by atoms with E-state index in [-0.39, 0.29) is 5.82 Å². The summed E-state index contributed by atoms with van der Waals surface area (Å²) in [6.07, 6.45) is 0. The molecule has 0 heterocycles. The molecule has 4 rings (SSSR count). The molecular formula is C27H26F3N. The van der Waals surface area contributed by atoms with Gasteiger partial charge in [0.2, 0.25) is 0 Å². The van der Waals surface area contributed by atoms with Crippen LogP contribution in [0.2, 0.25) is 0 Å². The van der Waals surface area contributed by atoms with Crippen molar-refractivity contribution in [3.63, 3.8) is 0 Å². The Balaban J connectivity index is 1.59. The minimum Gasteiger partial charge on any atom is -0.359 e. The number of anilines is 1. The largest absolute Gasteiger partial charge is 0.359 e. The van der Waals surface area contributed by atoms with E-state index in [1.165, 1.54) is 12.1 Å². The van der Waals surface area contributed by atoms with Crippen LogP contribution in [0.4, 0.5) is 18.9 Å². The number of rotatable bonds is 5. The van der Waals surface area contributed by atoms with Gasteiger partial charge in [-0.15, -0.1) is 0 Å². The van der Waals surface area contributed by atoms with Crippen molar-refractivity contribution in [2.45, 2.75) is 39.5 Å². The highest BCUT2D eigenvalue weighted by atomic mass is 19.3. The van der Waals surface area contributed by atoms with Gasteiger partial charge in [-0.2, -0.15) is 0 Å². The highest BCUT2D eigenvalue weighted by molar-refractivity contribution is 5.74. The lowest BCUT2D eigenvalue weighted by atomic mass is 9.96. The Kier molecular flexibility index (Phi) is 5.20. The molecule has 1 N–H and O–H groups in total. The normalized spacial score (nSPS) is 19.2. The fourth-order valence-corrected chi connectivity index (χ4v) is 4.55. The molecule has 4 heteroatoms. The van der Waals surface area contributed by atoms with Crippen LogP contribution in [-0.2, 0) is 0 Å². The van der Waals surface area contributed by atoms with Gasteiger partial charge < -0.3 is 5.32 Å². The van der Waals surface area contributed by atoms with Gasteiger partial charge in [-0.05, 0) is 79.8 Å². The molecule has 1 fully saturated rings. The highest BCUT2D eigenvalue weighted by Crippen LogP contribution is 2.64. The standard InChI is InChI=1S/C27H26F3N/c1-15-10-16(2)12-20(11-15)26-25(27(26,29)30)19(5)31-22-8-6-17(3)24(14-22)23-9-7-21(28)13-18(23)4/h6-14,25-26,31H,5H2,1-4H3. The number of aryl methyl sites for hydroxylation is 4. The zero-order chi connectivity index (χ0) is 22.5. The first kappa shape index (κ1) is 21.2. The zero-order valence-corrected chi connectivity index (χ0v) is 18.2. The maximum absolute atomic E-state index is 14.7. The molecule has 2 atom stereocenters. The third-order valence-electron chi connectivity index (χ3n) is 6.05. The SMILES string of the molecule is C=C(Nc1ccc(C)c(-c2ccc(F)cc2C)c1)C1C(c2cc(C)cc(C)c2)C1(F)F. The summed E-state index contributed by atoms with van der Waals surface area (Å²) in [5.41, 5.74) is 7.30. The summed E-state index contributed by atoms with van der Waals surface area (Å²) in [5.74, 6) is -4.93. The van der Waals surface area contributed by atoms with E-state index in [9.17, 15) is 13.2 Å². The summed E-state index contributed by atoms with van der Waals surface area (Å²) in [4.78, 5) is 0. The van der Waals surface area contributed by atoms with Crippen LogP contribution < -0.4 is 5.32 Å². The maximum atomic E-state index is 14.7. The smallest absolute Gasteiger partial charge is 0.264 e. The summed E-state index contributed by atoms with van der Waals surface area (Å²) in [6, 6.07) is 16.0. The maximum Gasteiger partial charge on any atom is 0.264 e. The summed E-state index contributed by atoms with van der Waals surface area (Å²) in [5, 5.41) is 3.11. The fourth-order valence-electron chi connectivity index (χ4n) is 4.55. The van der Waals surface area contributed by atoms with E-state index in [0.717, 1.165) is 33.4 Å². The van der Waals surface area contributed by atoms with E-state index >= 15 is 0 Å². The average Bonchev–Trinajstić information content (AvgIpc) is 3.25. The topological polar surface area (TPSA) is 12.0 Å². The second kappa shape index (κ2) is 7.60. The lowest BCUT2D eigenvalue weighted by Crippen LogP contribution is -2.05. The lowest BCUT2D eigenvalue weighted by Gasteiger charge is -2.14. The molecule has 1 aliphatic carbocycles. The van der Waals surface area contributed by atoms with E-state index in [4.69, 9.17) is 0 Å². The van der Waals surface area contributed by atoms with E-state index in [1.807, 2.05) is 64.1 Å². The van der Waals surface area contributed by atoms with E-state index < -0.39 is 17.8 Å². The van der Waals surface area contributed by atoms with E-state index in [1.54, 1.807) is 6.07 Å². The van der Waals surface area contributed by atoms with Crippen molar-refractivity contribution >= 4 is 5.69 Å². The van der Waals surface area contributed by atoms with Crippen LogP contribution >= 0.6 is 0 Å². The van der Waals surface area contributed by atoms with Gasteiger partial charge in [-0.25, -0.2) is 13.2 Å². The van der Waals surface area contributed by atoms with Crippen LogP contribution in [0.3, 0.4) is 0 Å². The third kappa shape index (κ3) is 3.99. The zero-order valence-electron chi connectivity index (χ0n) is 18.2. The Morgan fingerprint density at radius 2 is 1.52 bits per heavy atom. The Bertz CT molecular complexity index is 1160. The van der Waals surface area contributed by atoms with Crippen LogP contribution in [0.1, 0.15) is 33.7 Å². The molecule has 2 unspecified atom stereocenters. The van der Waals surface area contributed by atoms with Gasteiger partial charge >= 0.3 is 0 Å². The molecule has 1 saturated carbocycles. The number of allylic oxidation sites excluding steroid dienone is 1. The van der Waals surface area contributed by atoms with Crippen LogP contribution in [-0.4, -0.2) is 5.92 Å². The molecule has 0 amide bonds. The fraction of sp³-hybridized carbons (Fsp3) is 0.259. The number of nitrogens with one attached hydrogen (secondary N) is 1. The average molecular weight is 422 g/mol. The lowest BCUT2D eigenvalue weighted by molar-refractivity contribution is 0.0992. The van der Waals surface area contributed by atoms with Crippen molar-refractivity contribution in [1.82, 2.24) is 0 Å². The van der Waals surface area contributed by atoms with Gasteiger partial charge in [0.15, 0.2) is 0 Å². The van der Waals surface area contributed by atoms with Crippen molar-refractivity contribution in [1.29, 1.82) is 0 Å². The minimum atomic E-state index is -2.83. The van der Waals surface area contributed by atoms with Gasteiger partial charge in [0.25, 0.3) is 5.92 Å². The van der Waals surface area contributed by atoms with Gasteiger partial charge in [-0.3, -0.25) is 0 Å². The van der Waals surface area contributed by atoms with Crippen molar-refractivity contribution in [3.8, 4) is 11.1 Å². The molecule has 1 aliphatic rings. The number of hydrogen-bond acceptors (Lipinski definition) is 1. The molecule has 0 aliphatic heterocycles. The van der Waals surface area contributed by atoms with Gasteiger partial charge in [0.1, 0.15) is 5.82 Å². The summed E-state index contributed by atoms with van der Waals surface area (Å²) in [6.45, 7) is 11.6. The molecule has 0 spiro atoms. The van der Waals surface area contributed by atoms with Crippen LogP contribution in [0.25, 0.3) is 11.1 Å². The van der Waals surface area contributed by atoms with Gasteiger partial charge in [0, 0.05) is 11.4 Å². The third-order valence-corrected chi connectivity index (χ3v) is 6.05. The Morgan fingerprint density at radius 1 is 0.839 bits per heavy atom. The molecule has 0 saturated heterocycles. The molecular weight excluding hydrogens is 395 g/mol. The van der Waals surface area contributed by atoms with Crippen molar-refractivity contribution in [2.24, 2.45) is 5.92 Å². The predicted molar refractivity (Wildman–Crippen MR) is 121 cm³/mol. The predicted octanol–water partition coefficient (Wildman–Crippen LogP) is 7.70. The summed E-state index contributed by atoms with van der Waals surface area (Å²) < 4.78 is 43.0. The Hall–Kier alpha value is -3.01. The number of alkyl halides is 2. The van der Waals surface area contributed by atoms with Crippen LogP contribution in [0, 0.1) is 39.4 Å². The molecule has 3 aromatic carbocycles. The first-order chi connectivity index (χ1) is 14.6. The second-order valence-electron chi connectivity index (χ2n) is 8.69. The van der Waals surface area contributed by atoms with E-state index in [0.29, 0.717) is 16.9 Å². The molecule has 0 radical (unpaired) electrons. The summed E-state index contributed by atoms with van der Waals surface area (Å²) >= 11 is 0. The Morgan fingerprint density at radius 3 is 2.16 bits per heavy atom. The van der Waals surface area contributed by atoms with Crippen molar-refractivity contribution in [3.05, 3.63) is 101 Å². The van der Waals surface area contributed by atoms with Crippen LogP contribution in [0.5, 0.6) is 0 Å². The minimum absolute atomic E-state index is 0.282. The molecule has 0 bridgehead atoms. The quantitative estimate of drug-likeness (QED) is 0.445. The van der Waals surface area contributed by atoms with Gasteiger partial charge in [0.05, 0.1) is 11.8 Å². The molecule has 31 heavy (non-hydrogen) atoms. The second-order valence-corrected chi connectivity index (χ2v) is 8.69. The Labute approximate surface area is 181 Å². The van der Waals surface area contributed by atoms with Crippen molar-refractivity contribution < 1.29 is 13.2 Å². The van der Waals surface area contributed by atoms with Crippen LogP contribution in [0.15, 0.2) is 66.9 Å². The first-order valence-electron chi connectivity index (χ1n) is 10.4. The van der Waals surface area contributed by atoms with Crippen molar-refractivity contribution in [2.75, 3.05) is 5.32 Å². The van der Waals surface area contributed by atoms with E-state index in [2.05, 4.69) is 11.9 Å². The molecule has 0 aromatic heterocycles. The number of benzene rings is 3. The summed E-state index contributed by atoms with van der Waals surface area (Å²) in [7, 11) is 0. The van der Waals surface area contributed by atoms with Gasteiger partial charge in [-0.1, -0.05) is 48.0 Å². The number of hydrogen-bond donors (Lipinski definition) is 1. The monoisotopic (exact) mass is 421 g/mol. The molecule has 160 valence electrons. The number of halogens is 3. The molecule has 3 aromatic rings. The first-order valence-corrected chi connectivity index (χ1v) is 10.4. The highest BCUT2D eigenvalue weighted by Gasteiger charge is 2.69.